The molecule has 3 saturated carbocycles. The van der Waals surface area contributed by atoms with Crippen molar-refractivity contribution in [1.82, 2.24) is 30.0 Å². The first-order valence-electron chi connectivity index (χ1n) is 11.0. The number of nitrogens with one attached hydrogen (secondary N) is 3. The van der Waals surface area contributed by atoms with Crippen LogP contribution in [0, 0.1) is 5.41 Å². The molecule has 0 aromatic carbocycles. The molecular formula is C24H23FN6O2. The van der Waals surface area contributed by atoms with Crippen LogP contribution < -0.4 is 16.2 Å². The number of pyridine rings is 2. The molecule has 9 heteroatoms. The van der Waals surface area contributed by atoms with E-state index in [-0.39, 0.29) is 23.2 Å². The van der Waals surface area contributed by atoms with Crippen molar-refractivity contribution in [3.05, 3.63) is 76.2 Å². The van der Waals surface area contributed by atoms with Crippen molar-refractivity contribution in [3.63, 3.8) is 0 Å². The van der Waals surface area contributed by atoms with E-state index in [0.717, 1.165) is 23.1 Å². The van der Waals surface area contributed by atoms with Gasteiger partial charge in [0, 0.05) is 48.1 Å². The molecule has 0 aliphatic heterocycles. The summed E-state index contributed by atoms with van der Waals surface area (Å²) in [6.45, 7) is 1.74. The Labute approximate surface area is 188 Å². The van der Waals surface area contributed by atoms with E-state index < -0.39 is 11.6 Å². The third-order valence-electron chi connectivity index (χ3n) is 6.74. The fourth-order valence-corrected chi connectivity index (χ4v) is 5.26. The number of aromatic amines is 1. The summed E-state index contributed by atoms with van der Waals surface area (Å²) in [5.41, 5.74) is 2.16. The number of H-pyrrole nitrogens is 1. The number of carbonyl (C=O) groups excluding carboxylic acids is 1. The second kappa shape index (κ2) is 7.21. The smallest absolute Gasteiger partial charge is 0.270 e. The molecule has 33 heavy (non-hydrogen) atoms. The normalized spacial score (nSPS) is 23.3. The molecule has 1 amide bonds. The molecule has 7 rings (SSSR count). The fraction of sp³-hybridized carbons (Fsp3) is 0.333. The third kappa shape index (κ3) is 3.58. The summed E-state index contributed by atoms with van der Waals surface area (Å²) >= 11 is 0. The van der Waals surface area contributed by atoms with Crippen LogP contribution in [0.3, 0.4) is 0 Å². The molecule has 0 unspecified atom stereocenters. The standard InChI is InChI=1S/C24H23FN6O2/c25-24-11-23(12-24,13-24)14-26-9-17-5-15-8-27-16(6-18(15)29-17)10-28-22(33)19-7-21(32)31-4-2-1-3-20(31)30-19/h1-8,26,29H,9-14H2,(H,28,33). The average Bonchev–Trinajstić information content (AvgIpc) is 3.17. The van der Waals surface area contributed by atoms with Gasteiger partial charge in [-0.1, -0.05) is 6.07 Å². The average molecular weight is 446 g/mol. The lowest BCUT2D eigenvalue weighted by Gasteiger charge is -2.66. The van der Waals surface area contributed by atoms with Crippen LogP contribution in [0.15, 0.2) is 53.6 Å². The lowest BCUT2D eigenvalue weighted by molar-refractivity contribution is -0.209. The highest BCUT2D eigenvalue weighted by Gasteiger charge is 2.68. The number of amides is 1. The highest BCUT2D eigenvalue weighted by Crippen LogP contribution is 2.69. The predicted molar refractivity (Wildman–Crippen MR) is 121 cm³/mol. The Bertz CT molecular complexity index is 1440. The van der Waals surface area contributed by atoms with Crippen molar-refractivity contribution in [1.29, 1.82) is 0 Å². The zero-order chi connectivity index (χ0) is 22.6. The minimum Gasteiger partial charge on any atom is -0.357 e. The van der Waals surface area contributed by atoms with E-state index in [4.69, 9.17) is 0 Å². The van der Waals surface area contributed by atoms with Crippen LogP contribution >= 0.6 is 0 Å². The van der Waals surface area contributed by atoms with E-state index in [1.54, 1.807) is 30.6 Å². The summed E-state index contributed by atoms with van der Waals surface area (Å²) in [5, 5.41) is 7.21. The highest BCUT2D eigenvalue weighted by atomic mass is 19.1. The van der Waals surface area contributed by atoms with Gasteiger partial charge in [-0.3, -0.25) is 19.0 Å². The molecule has 3 aliphatic carbocycles. The Morgan fingerprint density at radius 3 is 2.85 bits per heavy atom. The van der Waals surface area contributed by atoms with Crippen LogP contribution in [0.25, 0.3) is 16.6 Å². The third-order valence-corrected chi connectivity index (χ3v) is 6.74. The van der Waals surface area contributed by atoms with Gasteiger partial charge in [0.05, 0.1) is 12.2 Å². The second-order valence-corrected chi connectivity index (χ2v) is 9.43. The summed E-state index contributed by atoms with van der Waals surface area (Å²) in [4.78, 5) is 36.8. The Hall–Kier alpha value is -3.59. The first-order chi connectivity index (χ1) is 15.9. The number of halogens is 1. The Morgan fingerprint density at radius 2 is 2.03 bits per heavy atom. The van der Waals surface area contributed by atoms with Crippen molar-refractivity contribution in [2.24, 2.45) is 5.41 Å². The van der Waals surface area contributed by atoms with Gasteiger partial charge in [0.2, 0.25) is 0 Å². The number of rotatable bonds is 7. The van der Waals surface area contributed by atoms with Crippen molar-refractivity contribution in [3.8, 4) is 0 Å². The first kappa shape index (κ1) is 20.0. The van der Waals surface area contributed by atoms with E-state index in [2.05, 4.69) is 25.6 Å². The minimum atomic E-state index is -0.860. The van der Waals surface area contributed by atoms with Gasteiger partial charge >= 0.3 is 0 Å². The van der Waals surface area contributed by atoms with E-state index in [1.807, 2.05) is 12.1 Å². The van der Waals surface area contributed by atoms with Gasteiger partial charge in [0.1, 0.15) is 17.0 Å². The fourth-order valence-electron chi connectivity index (χ4n) is 5.26. The lowest BCUT2D eigenvalue weighted by atomic mass is 9.42. The zero-order valence-electron chi connectivity index (χ0n) is 17.9. The quantitative estimate of drug-likeness (QED) is 0.405. The lowest BCUT2D eigenvalue weighted by Crippen LogP contribution is -2.67. The summed E-state index contributed by atoms with van der Waals surface area (Å²) in [5.74, 6) is -0.430. The van der Waals surface area contributed by atoms with Crippen LogP contribution in [-0.2, 0) is 13.1 Å². The molecule has 168 valence electrons. The summed E-state index contributed by atoms with van der Waals surface area (Å²) < 4.78 is 15.0. The molecule has 8 nitrogen and oxygen atoms in total. The number of nitrogens with zero attached hydrogens (tertiary/aromatic N) is 3. The molecule has 3 aliphatic rings. The van der Waals surface area contributed by atoms with Crippen LogP contribution in [-0.4, -0.2) is 37.5 Å². The second-order valence-electron chi connectivity index (χ2n) is 9.43. The molecule has 4 aromatic heterocycles. The van der Waals surface area contributed by atoms with Gasteiger partial charge in [-0.15, -0.1) is 0 Å². The minimum absolute atomic E-state index is 0.0721. The van der Waals surface area contributed by atoms with Gasteiger partial charge in [0.15, 0.2) is 0 Å². The maximum Gasteiger partial charge on any atom is 0.270 e. The first-order valence-corrected chi connectivity index (χ1v) is 11.0. The number of carbonyl (C=O) groups is 1. The van der Waals surface area contributed by atoms with Crippen molar-refractivity contribution in [2.45, 2.75) is 38.0 Å². The van der Waals surface area contributed by atoms with Gasteiger partial charge in [-0.25, -0.2) is 9.37 Å². The summed E-state index contributed by atoms with van der Waals surface area (Å²) in [6.07, 6.45) is 5.47. The monoisotopic (exact) mass is 446 g/mol. The van der Waals surface area contributed by atoms with Gasteiger partial charge in [-0.2, -0.15) is 0 Å². The number of aromatic nitrogens is 4. The molecule has 3 fully saturated rings. The Morgan fingerprint density at radius 1 is 1.18 bits per heavy atom. The van der Waals surface area contributed by atoms with E-state index >= 15 is 0 Å². The number of alkyl halides is 1. The maximum absolute atomic E-state index is 13.6. The van der Waals surface area contributed by atoms with Crippen LogP contribution in [0.1, 0.15) is 41.1 Å². The van der Waals surface area contributed by atoms with E-state index in [9.17, 15) is 14.0 Å². The number of hydrogen-bond acceptors (Lipinski definition) is 5. The topological polar surface area (TPSA) is 104 Å². The van der Waals surface area contributed by atoms with Crippen LogP contribution in [0.4, 0.5) is 4.39 Å². The van der Waals surface area contributed by atoms with Crippen molar-refractivity contribution < 1.29 is 9.18 Å². The molecular weight excluding hydrogens is 423 g/mol. The Balaban J connectivity index is 1.09. The zero-order valence-corrected chi connectivity index (χ0v) is 17.9. The van der Waals surface area contributed by atoms with Crippen LogP contribution in [0.2, 0.25) is 0 Å². The highest BCUT2D eigenvalue weighted by molar-refractivity contribution is 5.92. The SMILES string of the molecule is O=C(NCc1cc2[nH]c(CNCC34CC(F)(C3)C4)cc2cn1)c1cc(=O)n2ccccc2n1. The number of hydrogen-bond donors (Lipinski definition) is 3. The Kier molecular flexibility index (Phi) is 4.38. The molecule has 0 spiro atoms. The molecule has 3 N–H and O–H groups in total. The van der Waals surface area contributed by atoms with Gasteiger partial charge in [0.25, 0.3) is 11.5 Å². The predicted octanol–water partition coefficient (Wildman–Crippen LogP) is 2.48. The number of fused-ring (bicyclic) bond motifs is 2. The summed E-state index contributed by atoms with van der Waals surface area (Å²) in [7, 11) is 0. The van der Waals surface area contributed by atoms with Gasteiger partial charge in [-0.05, 0) is 48.9 Å². The van der Waals surface area contributed by atoms with E-state index in [0.29, 0.717) is 37.1 Å². The molecule has 2 bridgehead atoms. The van der Waals surface area contributed by atoms with Crippen molar-refractivity contribution >= 4 is 22.5 Å². The maximum atomic E-state index is 13.6. The molecule has 4 aromatic rings. The van der Waals surface area contributed by atoms with Gasteiger partial charge < -0.3 is 15.6 Å². The molecule has 0 atom stereocenters. The van der Waals surface area contributed by atoms with Crippen molar-refractivity contribution in [2.75, 3.05) is 6.54 Å². The molecule has 0 saturated heterocycles. The summed E-state index contributed by atoms with van der Waals surface area (Å²) in [6, 6.07) is 10.3. The molecule has 4 heterocycles. The van der Waals surface area contributed by atoms with Crippen LogP contribution in [0.5, 0.6) is 0 Å². The van der Waals surface area contributed by atoms with E-state index in [1.165, 1.54) is 10.5 Å². The molecule has 0 radical (unpaired) electrons. The largest absolute Gasteiger partial charge is 0.357 e.